The van der Waals surface area contributed by atoms with E-state index in [-0.39, 0.29) is 10.8 Å². The molecule has 308 valence electrons. The lowest BCUT2D eigenvalue weighted by atomic mass is 9.79. The van der Waals surface area contributed by atoms with Crippen LogP contribution in [0.25, 0.3) is 77.2 Å². The highest BCUT2D eigenvalue weighted by Crippen LogP contribution is 2.54. The second kappa shape index (κ2) is 14.5. The molecular weight excluding hydrogens is 785 g/mol. The standard InChI is InChI=1S/C63H46N2/c1-62(2)56-23-12-10-19-48(56)50-32-28-43(37-58(50)62)60-52-21-8-9-22-53(52)61(44-29-33-51-49-20-11-13-24-57(49)63(3,4)59(51)38-44)55-36-42(27-34-54(55)60)41-25-30-46(31-26-41)65(45-16-6-5-7-17-45)47-18-14-15-40(35-47)39-64/h5-38H,1-4H3. The topological polar surface area (TPSA) is 27.0 Å². The zero-order valence-electron chi connectivity index (χ0n) is 37.0. The van der Waals surface area contributed by atoms with Crippen LogP contribution in [0.3, 0.4) is 0 Å². The number of rotatable bonds is 6. The summed E-state index contributed by atoms with van der Waals surface area (Å²) in [6, 6.07) is 77.7. The fourth-order valence-corrected chi connectivity index (χ4v) is 11.2. The zero-order chi connectivity index (χ0) is 44.0. The maximum atomic E-state index is 9.78. The van der Waals surface area contributed by atoms with Crippen molar-refractivity contribution >= 4 is 38.6 Å². The van der Waals surface area contributed by atoms with Crippen molar-refractivity contribution in [3.8, 4) is 61.7 Å². The minimum Gasteiger partial charge on any atom is -0.310 e. The van der Waals surface area contributed by atoms with Gasteiger partial charge in [-0.1, -0.05) is 173 Å². The van der Waals surface area contributed by atoms with E-state index >= 15 is 0 Å². The first-order valence-corrected chi connectivity index (χ1v) is 22.6. The molecular formula is C63H46N2. The molecule has 0 spiro atoms. The van der Waals surface area contributed by atoms with Crippen LogP contribution in [0.1, 0.15) is 55.5 Å². The van der Waals surface area contributed by atoms with Crippen molar-refractivity contribution in [3.63, 3.8) is 0 Å². The molecule has 0 radical (unpaired) electrons. The first-order chi connectivity index (χ1) is 31.7. The predicted molar refractivity (Wildman–Crippen MR) is 272 cm³/mol. The molecule has 2 aliphatic carbocycles. The monoisotopic (exact) mass is 830 g/mol. The van der Waals surface area contributed by atoms with Crippen molar-refractivity contribution in [2.45, 2.75) is 38.5 Å². The van der Waals surface area contributed by atoms with Crippen molar-refractivity contribution in [1.82, 2.24) is 0 Å². The SMILES string of the molecule is CC1(C)c2ccccc2-c2ccc(-c3c4ccccc4c(-c4ccc5c(c4)C(C)(C)c4ccccc4-5)c4cc(-c5ccc(N(c6ccccc6)c6cccc(C#N)c6)cc5)ccc34)cc21. The molecule has 0 amide bonds. The molecule has 2 aliphatic rings. The Kier molecular flexibility index (Phi) is 8.64. The van der Waals surface area contributed by atoms with Crippen molar-refractivity contribution in [2.24, 2.45) is 0 Å². The quantitative estimate of drug-likeness (QED) is 0.156. The Morgan fingerprint density at radius 2 is 0.800 bits per heavy atom. The molecule has 0 aliphatic heterocycles. The maximum Gasteiger partial charge on any atom is 0.0992 e. The molecule has 0 saturated heterocycles. The lowest BCUT2D eigenvalue weighted by Gasteiger charge is -2.26. The molecule has 0 fully saturated rings. The lowest BCUT2D eigenvalue weighted by molar-refractivity contribution is 0.660. The van der Waals surface area contributed by atoms with Gasteiger partial charge in [0.1, 0.15) is 0 Å². The van der Waals surface area contributed by atoms with Crippen LogP contribution in [0.5, 0.6) is 0 Å². The Bertz CT molecular complexity index is 3600. The van der Waals surface area contributed by atoms with E-state index < -0.39 is 0 Å². The van der Waals surface area contributed by atoms with Gasteiger partial charge in [0.15, 0.2) is 0 Å². The third-order valence-corrected chi connectivity index (χ3v) is 14.5. The summed E-state index contributed by atoms with van der Waals surface area (Å²) in [6.07, 6.45) is 0. The summed E-state index contributed by atoms with van der Waals surface area (Å²) in [6.45, 7) is 9.48. The average molecular weight is 831 g/mol. The molecule has 0 atom stereocenters. The highest BCUT2D eigenvalue weighted by atomic mass is 15.1. The van der Waals surface area contributed by atoms with Crippen LogP contribution in [0, 0.1) is 11.3 Å². The molecule has 10 aromatic carbocycles. The maximum absolute atomic E-state index is 9.78. The van der Waals surface area contributed by atoms with Gasteiger partial charge in [-0.15, -0.1) is 0 Å². The van der Waals surface area contributed by atoms with Crippen LogP contribution in [-0.4, -0.2) is 0 Å². The largest absolute Gasteiger partial charge is 0.310 e. The van der Waals surface area contributed by atoms with Gasteiger partial charge in [-0.3, -0.25) is 0 Å². The van der Waals surface area contributed by atoms with Gasteiger partial charge < -0.3 is 4.90 Å². The second-order valence-electron chi connectivity index (χ2n) is 18.8. The molecule has 2 nitrogen and oxygen atoms in total. The number of fused-ring (bicyclic) bond motifs is 8. The zero-order valence-corrected chi connectivity index (χ0v) is 37.0. The van der Waals surface area contributed by atoms with Crippen LogP contribution in [0.4, 0.5) is 17.1 Å². The van der Waals surface area contributed by atoms with Crippen LogP contribution < -0.4 is 4.90 Å². The summed E-state index contributed by atoms with van der Waals surface area (Å²) in [4.78, 5) is 2.21. The van der Waals surface area contributed by atoms with E-state index in [1.807, 2.05) is 24.3 Å². The molecule has 0 bridgehead atoms. The van der Waals surface area contributed by atoms with E-state index in [1.165, 1.54) is 88.3 Å². The van der Waals surface area contributed by atoms with Gasteiger partial charge in [-0.2, -0.15) is 5.26 Å². The highest BCUT2D eigenvalue weighted by Gasteiger charge is 2.37. The van der Waals surface area contributed by atoms with Crippen molar-refractivity contribution in [2.75, 3.05) is 4.90 Å². The van der Waals surface area contributed by atoms with Gasteiger partial charge in [0.25, 0.3) is 0 Å². The van der Waals surface area contributed by atoms with Gasteiger partial charge >= 0.3 is 0 Å². The van der Waals surface area contributed by atoms with Crippen LogP contribution in [0.2, 0.25) is 0 Å². The van der Waals surface area contributed by atoms with E-state index in [0.29, 0.717) is 5.56 Å². The van der Waals surface area contributed by atoms with Crippen LogP contribution >= 0.6 is 0 Å². The van der Waals surface area contributed by atoms with Gasteiger partial charge in [0.2, 0.25) is 0 Å². The molecule has 0 aromatic heterocycles. The Morgan fingerprint density at radius 1 is 0.338 bits per heavy atom. The summed E-state index contributed by atoms with van der Waals surface area (Å²) in [5.74, 6) is 0. The average Bonchev–Trinajstić information content (AvgIpc) is 3.72. The van der Waals surface area contributed by atoms with E-state index in [0.717, 1.165) is 28.2 Å². The second-order valence-corrected chi connectivity index (χ2v) is 18.8. The smallest absolute Gasteiger partial charge is 0.0992 e. The molecule has 2 heteroatoms. The number of anilines is 3. The molecule has 0 saturated carbocycles. The Morgan fingerprint density at radius 3 is 1.40 bits per heavy atom. The Labute approximate surface area is 381 Å². The summed E-state index contributed by atoms with van der Waals surface area (Å²) in [5.41, 5.74) is 21.5. The summed E-state index contributed by atoms with van der Waals surface area (Å²) in [5, 5.41) is 14.8. The fourth-order valence-electron chi connectivity index (χ4n) is 11.2. The molecule has 0 unspecified atom stereocenters. The van der Waals surface area contributed by atoms with Crippen LogP contribution in [-0.2, 0) is 10.8 Å². The Balaban J connectivity index is 1.07. The molecule has 12 rings (SSSR count). The van der Waals surface area contributed by atoms with Gasteiger partial charge in [-0.05, 0) is 160 Å². The number of hydrogen-bond donors (Lipinski definition) is 0. The van der Waals surface area contributed by atoms with Crippen LogP contribution in [0.15, 0.2) is 206 Å². The third kappa shape index (κ3) is 5.93. The number of nitriles is 1. The van der Waals surface area contributed by atoms with E-state index in [4.69, 9.17) is 0 Å². The van der Waals surface area contributed by atoms with Crippen molar-refractivity contribution in [1.29, 1.82) is 5.26 Å². The normalized spacial score (nSPS) is 13.8. The first-order valence-electron chi connectivity index (χ1n) is 22.6. The molecule has 65 heavy (non-hydrogen) atoms. The summed E-state index contributed by atoms with van der Waals surface area (Å²) >= 11 is 0. The van der Waals surface area contributed by atoms with E-state index in [9.17, 15) is 5.26 Å². The van der Waals surface area contributed by atoms with Gasteiger partial charge in [-0.25, -0.2) is 0 Å². The minimum atomic E-state index is -0.126. The Hall–Kier alpha value is -7.99. The number of para-hydroxylation sites is 1. The number of benzene rings is 10. The third-order valence-electron chi connectivity index (χ3n) is 14.5. The predicted octanol–water partition coefficient (Wildman–Crippen LogP) is 16.9. The van der Waals surface area contributed by atoms with Gasteiger partial charge in [0.05, 0.1) is 11.6 Å². The summed E-state index contributed by atoms with van der Waals surface area (Å²) in [7, 11) is 0. The van der Waals surface area contributed by atoms with E-state index in [1.54, 1.807) is 0 Å². The molecule has 0 N–H and O–H groups in total. The lowest BCUT2D eigenvalue weighted by Crippen LogP contribution is -2.15. The molecule has 10 aromatic rings. The van der Waals surface area contributed by atoms with Crippen molar-refractivity contribution < 1.29 is 0 Å². The fraction of sp³-hybridized carbons (Fsp3) is 0.0952. The van der Waals surface area contributed by atoms with Crippen molar-refractivity contribution in [3.05, 3.63) is 234 Å². The van der Waals surface area contributed by atoms with Gasteiger partial charge in [0, 0.05) is 27.9 Å². The molecule has 0 heterocycles. The highest BCUT2D eigenvalue weighted by molar-refractivity contribution is 6.22. The van der Waals surface area contributed by atoms with E-state index in [2.05, 4.69) is 221 Å². The number of hydrogen-bond acceptors (Lipinski definition) is 2. The first kappa shape index (κ1) is 38.7. The minimum absolute atomic E-state index is 0.115. The number of nitrogens with zero attached hydrogens (tertiary/aromatic N) is 2. The summed E-state index contributed by atoms with van der Waals surface area (Å²) < 4.78 is 0.